The second-order valence-electron chi connectivity index (χ2n) is 3.35. The van der Waals surface area contributed by atoms with E-state index in [1.54, 1.807) is 13.8 Å². The summed E-state index contributed by atoms with van der Waals surface area (Å²) in [5.74, 6) is 0. The van der Waals surface area contributed by atoms with Gasteiger partial charge in [0.25, 0.3) is 6.79 Å². The number of carbonyl (C=O) groups excluding carboxylic acids is 1. The number of hydrogen-bond donors (Lipinski definition) is 0. The lowest BCUT2D eigenvalue weighted by Crippen LogP contribution is -2.39. The average molecular weight is 247 g/mol. The summed E-state index contributed by atoms with van der Waals surface area (Å²) in [6.45, 7) is 7.67. The molecular weight excluding hydrogens is 228 g/mol. The summed E-state index contributed by atoms with van der Waals surface area (Å²) in [4.78, 5) is 16.9. The maximum Gasteiger partial charge on any atom is 0.511 e. The quantitative estimate of drug-likeness (QED) is 0.170. The van der Waals surface area contributed by atoms with Crippen LogP contribution in [-0.2, 0) is 14.3 Å². The van der Waals surface area contributed by atoms with Gasteiger partial charge in [-0.3, -0.25) is 0 Å². The molecule has 0 aliphatic carbocycles. The standard InChI is InChI=1S/C10H20N2O5/c1-5-12(6-2)9(13)11-16-7-15-10(14)17-8(3)4/h8H,5-7H2,1-4H3,(H,11,13)/p-1. The molecule has 17 heavy (non-hydrogen) atoms. The number of nitrogens with zero attached hydrogens (tertiary/aromatic N) is 2. The Morgan fingerprint density at radius 3 is 2.41 bits per heavy atom. The van der Waals surface area contributed by atoms with Crippen molar-refractivity contribution >= 4 is 12.2 Å². The van der Waals surface area contributed by atoms with Crippen LogP contribution in [-0.4, -0.2) is 43.1 Å². The molecule has 0 amide bonds. The van der Waals surface area contributed by atoms with Crippen LogP contribution in [0, 0.1) is 0 Å². The largest absolute Gasteiger partial charge is 0.844 e. The zero-order valence-electron chi connectivity index (χ0n) is 10.6. The first-order valence-electron chi connectivity index (χ1n) is 5.46. The molecule has 0 radical (unpaired) electrons. The third kappa shape index (κ3) is 7.26. The van der Waals surface area contributed by atoms with E-state index >= 15 is 0 Å². The smallest absolute Gasteiger partial charge is 0.511 e. The second kappa shape index (κ2) is 8.49. The number of hydrogen-bond acceptors (Lipinski definition) is 6. The fraction of sp³-hybridized carbons (Fsp3) is 0.800. The van der Waals surface area contributed by atoms with Crippen molar-refractivity contribution < 1.29 is 24.2 Å². The van der Waals surface area contributed by atoms with Crippen LogP contribution in [0.2, 0.25) is 0 Å². The maximum atomic E-state index is 11.3. The molecule has 0 aliphatic rings. The zero-order chi connectivity index (χ0) is 13.3. The molecule has 0 N–H and O–H groups in total. The first-order valence-corrected chi connectivity index (χ1v) is 5.46. The van der Waals surface area contributed by atoms with Crippen LogP contribution >= 0.6 is 0 Å². The fourth-order valence-corrected chi connectivity index (χ4v) is 0.934. The van der Waals surface area contributed by atoms with E-state index in [0.29, 0.717) is 13.1 Å². The van der Waals surface area contributed by atoms with E-state index in [2.05, 4.69) is 19.5 Å². The number of oxime groups is 1. The van der Waals surface area contributed by atoms with Crippen LogP contribution in [0.3, 0.4) is 0 Å². The highest BCUT2D eigenvalue weighted by atomic mass is 16.8. The highest BCUT2D eigenvalue weighted by Crippen LogP contribution is 1.93. The fourth-order valence-electron chi connectivity index (χ4n) is 0.934. The van der Waals surface area contributed by atoms with Crippen molar-refractivity contribution in [1.29, 1.82) is 0 Å². The Labute approximate surface area is 101 Å². The molecule has 0 spiro atoms. The molecule has 0 aliphatic heterocycles. The predicted octanol–water partition coefficient (Wildman–Crippen LogP) is 0.495. The lowest BCUT2D eigenvalue weighted by atomic mass is 10.5. The molecular formula is C10H19N2O5-. The molecule has 0 aromatic carbocycles. The Hall–Kier alpha value is -1.66. The van der Waals surface area contributed by atoms with Gasteiger partial charge < -0.3 is 24.3 Å². The summed E-state index contributed by atoms with van der Waals surface area (Å²) >= 11 is 0. The Bertz CT molecular complexity index is 251. The minimum Gasteiger partial charge on any atom is -0.844 e. The summed E-state index contributed by atoms with van der Waals surface area (Å²) in [5, 5.41) is 14.6. The van der Waals surface area contributed by atoms with Crippen LogP contribution < -0.4 is 5.11 Å². The molecule has 0 aromatic rings. The van der Waals surface area contributed by atoms with Crippen LogP contribution in [0.1, 0.15) is 27.7 Å². The van der Waals surface area contributed by atoms with Crippen LogP contribution in [0.25, 0.3) is 0 Å². The van der Waals surface area contributed by atoms with Gasteiger partial charge in [-0.05, 0) is 27.7 Å². The van der Waals surface area contributed by atoms with Gasteiger partial charge in [-0.1, -0.05) is 5.16 Å². The van der Waals surface area contributed by atoms with E-state index in [4.69, 9.17) is 0 Å². The summed E-state index contributed by atoms with van der Waals surface area (Å²) < 4.78 is 9.17. The van der Waals surface area contributed by atoms with Crippen molar-refractivity contribution in [1.82, 2.24) is 4.90 Å². The molecule has 0 saturated carbocycles. The van der Waals surface area contributed by atoms with Crippen molar-refractivity contribution in [3.63, 3.8) is 0 Å². The van der Waals surface area contributed by atoms with Gasteiger partial charge in [0.05, 0.1) is 12.1 Å². The summed E-state index contributed by atoms with van der Waals surface area (Å²) in [7, 11) is 0. The van der Waals surface area contributed by atoms with Gasteiger partial charge in [0.2, 0.25) is 0 Å². The molecule has 0 atom stereocenters. The van der Waals surface area contributed by atoms with Gasteiger partial charge >= 0.3 is 6.16 Å². The highest BCUT2D eigenvalue weighted by molar-refractivity contribution is 5.68. The second-order valence-corrected chi connectivity index (χ2v) is 3.35. The van der Waals surface area contributed by atoms with Gasteiger partial charge in [0.15, 0.2) is 0 Å². The van der Waals surface area contributed by atoms with Crippen molar-refractivity contribution in [3.8, 4) is 0 Å². The number of amidine groups is 1. The zero-order valence-corrected chi connectivity index (χ0v) is 10.6. The first kappa shape index (κ1) is 15.3. The SMILES string of the molecule is CCN(CC)/C([O-])=N/OCOC(=O)OC(C)C. The molecule has 7 heteroatoms. The Kier molecular flexibility index (Phi) is 7.66. The van der Waals surface area contributed by atoms with E-state index in [0.717, 1.165) is 0 Å². The number of ether oxygens (including phenoxy) is 2. The Balaban J connectivity index is 3.82. The third-order valence-corrected chi connectivity index (χ3v) is 1.74. The van der Waals surface area contributed by atoms with Crippen molar-refractivity contribution in [3.05, 3.63) is 0 Å². The van der Waals surface area contributed by atoms with Crippen LogP contribution in [0.4, 0.5) is 4.79 Å². The van der Waals surface area contributed by atoms with Gasteiger partial charge in [0, 0.05) is 13.1 Å². The van der Waals surface area contributed by atoms with E-state index < -0.39 is 19.0 Å². The molecule has 0 bridgehead atoms. The van der Waals surface area contributed by atoms with Crippen LogP contribution in [0.15, 0.2) is 5.16 Å². The predicted molar refractivity (Wildman–Crippen MR) is 59.0 cm³/mol. The van der Waals surface area contributed by atoms with Gasteiger partial charge in [0.1, 0.15) is 0 Å². The van der Waals surface area contributed by atoms with Crippen LogP contribution in [0.5, 0.6) is 0 Å². The van der Waals surface area contributed by atoms with Gasteiger partial charge in [-0.2, -0.15) is 0 Å². The van der Waals surface area contributed by atoms with E-state index in [1.807, 2.05) is 13.8 Å². The lowest BCUT2D eigenvalue weighted by Gasteiger charge is -2.25. The average Bonchev–Trinajstić information content (AvgIpc) is 2.25. The van der Waals surface area contributed by atoms with Crippen molar-refractivity contribution in [2.24, 2.45) is 5.16 Å². The molecule has 0 aromatic heterocycles. The normalized spacial score (nSPS) is 11.2. The number of rotatable bonds is 6. The van der Waals surface area contributed by atoms with Gasteiger partial charge in [-0.25, -0.2) is 4.79 Å². The van der Waals surface area contributed by atoms with Crippen molar-refractivity contribution in [2.45, 2.75) is 33.8 Å². The molecule has 0 rings (SSSR count). The minimum atomic E-state index is -0.856. The van der Waals surface area contributed by atoms with Crippen molar-refractivity contribution in [2.75, 3.05) is 19.9 Å². The summed E-state index contributed by atoms with van der Waals surface area (Å²) in [6, 6.07) is -0.504. The van der Waals surface area contributed by atoms with Gasteiger partial charge in [-0.15, -0.1) is 0 Å². The Morgan fingerprint density at radius 2 is 1.94 bits per heavy atom. The maximum absolute atomic E-state index is 11.3. The summed E-state index contributed by atoms with van der Waals surface area (Å²) in [6.07, 6.45) is -1.12. The molecule has 0 saturated heterocycles. The van der Waals surface area contributed by atoms with E-state index in [1.165, 1.54) is 4.90 Å². The highest BCUT2D eigenvalue weighted by Gasteiger charge is 2.05. The lowest BCUT2D eigenvalue weighted by molar-refractivity contribution is -0.241. The third-order valence-electron chi connectivity index (χ3n) is 1.74. The first-order chi connectivity index (χ1) is 8.01. The minimum absolute atomic E-state index is 0.267. The number of carbonyl (C=O) groups is 1. The molecule has 0 fully saturated rings. The monoisotopic (exact) mass is 247 g/mol. The van der Waals surface area contributed by atoms with E-state index in [-0.39, 0.29) is 6.10 Å². The molecule has 0 heterocycles. The van der Waals surface area contributed by atoms with E-state index in [9.17, 15) is 9.90 Å². The molecule has 100 valence electrons. The Morgan fingerprint density at radius 1 is 1.35 bits per heavy atom. The summed E-state index contributed by atoms with van der Waals surface area (Å²) in [5.41, 5.74) is 0. The molecule has 0 unspecified atom stereocenters. The topological polar surface area (TPSA) is 83.4 Å². The molecule has 7 nitrogen and oxygen atoms in total.